The van der Waals surface area contributed by atoms with Crippen LogP contribution in [0, 0.1) is 5.92 Å². The summed E-state index contributed by atoms with van der Waals surface area (Å²) in [4.78, 5) is 16.9. The molecule has 0 N–H and O–H groups in total. The highest BCUT2D eigenvalue weighted by Crippen LogP contribution is 2.26. The van der Waals surface area contributed by atoms with Crippen molar-refractivity contribution in [1.82, 2.24) is 4.90 Å². The maximum Gasteiger partial charge on any atom is 0.149 e. The maximum atomic E-state index is 12.2. The van der Waals surface area contributed by atoms with Crippen molar-refractivity contribution in [3.8, 4) is 0 Å². The lowest BCUT2D eigenvalue weighted by Gasteiger charge is -2.36. The van der Waals surface area contributed by atoms with Gasteiger partial charge in [0.15, 0.2) is 0 Å². The number of anilines is 1. The Hall–Kier alpha value is -1.06. The average molecular weight is 307 g/mol. The highest BCUT2D eigenvalue weighted by atomic mass is 35.5. The van der Waals surface area contributed by atoms with E-state index in [1.807, 2.05) is 12.1 Å². The molecular formula is C17H23ClN2O. The Balaban J connectivity index is 1.48. The summed E-state index contributed by atoms with van der Waals surface area (Å²) in [5.41, 5.74) is 1.22. The van der Waals surface area contributed by atoms with Crippen LogP contribution < -0.4 is 4.90 Å². The van der Waals surface area contributed by atoms with Gasteiger partial charge in [-0.1, -0.05) is 24.4 Å². The van der Waals surface area contributed by atoms with Gasteiger partial charge in [-0.3, -0.25) is 9.69 Å². The van der Waals surface area contributed by atoms with Crippen molar-refractivity contribution >= 4 is 23.1 Å². The first-order valence-electron chi connectivity index (χ1n) is 7.98. The number of Topliss-reactive ketones (excluding diaryl/α,β-unsaturated/α-hetero) is 1. The van der Waals surface area contributed by atoms with E-state index in [1.165, 1.54) is 18.5 Å². The van der Waals surface area contributed by atoms with E-state index in [2.05, 4.69) is 21.9 Å². The molecule has 3 nitrogen and oxygen atoms in total. The lowest BCUT2D eigenvalue weighted by molar-refractivity contribution is -0.123. The number of hydrogen-bond acceptors (Lipinski definition) is 3. The SMILES string of the molecule is O=C(CN1CCN(c2ccc(Cl)cc2)CC1)C1CCCC1. The van der Waals surface area contributed by atoms with Gasteiger partial charge in [-0.25, -0.2) is 0 Å². The van der Waals surface area contributed by atoms with Crippen molar-refractivity contribution in [2.45, 2.75) is 25.7 Å². The van der Waals surface area contributed by atoms with Gasteiger partial charge in [0.1, 0.15) is 5.78 Å². The zero-order chi connectivity index (χ0) is 14.7. The van der Waals surface area contributed by atoms with Gasteiger partial charge in [0.05, 0.1) is 6.54 Å². The van der Waals surface area contributed by atoms with Gasteiger partial charge in [-0.05, 0) is 37.1 Å². The first-order chi connectivity index (χ1) is 10.2. The first kappa shape index (κ1) is 14.9. The van der Waals surface area contributed by atoms with Crippen LogP contribution in [0.4, 0.5) is 5.69 Å². The van der Waals surface area contributed by atoms with Crippen molar-refractivity contribution in [2.75, 3.05) is 37.6 Å². The van der Waals surface area contributed by atoms with Crippen molar-refractivity contribution < 1.29 is 4.79 Å². The van der Waals surface area contributed by atoms with Crippen LogP contribution in [-0.4, -0.2) is 43.4 Å². The van der Waals surface area contributed by atoms with Crippen molar-refractivity contribution in [1.29, 1.82) is 0 Å². The number of nitrogens with zero attached hydrogens (tertiary/aromatic N) is 2. The largest absolute Gasteiger partial charge is 0.369 e. The third-order valence-corrected chi connectivity index (χ3v) is 5.01. The summed E-state index contributed by atoms with van der Waals surface area (Å²) in [7, 11) is 0. The molecule has 1 saturated carbocycles. The van der Waals surface area contributed by atoms with Gasteiger partial charge in [0.2, 0.25) is 0 Å². The number of halogens is 1. The van der Waals surface area contributed by atoms with Crippen molar-refractivity contribution in [3.05, 3.63) is 29.3 Å². The Bertz CT molecular complexity index is 474. The van der Waals surface area contributed by atoms with Crippen LogP contribution in [-0.2, 0) is 4.79 Å². The molecule has 2 fully saturated rings. The molecule has 0 radical (unpaired) electrons. The Morgan fingerprint density at radius 2 is 1.67 bits per heavy atom. The van der Waals surface area contributed by atoms with E-state index in [9.17, 15) is 4.79 Å². The molecule has 0 bridgehead atoms. The molecule has 0 unspecified atom stereocenters. The molecule has 0 aromatic heterocycles. The molecule has 0 atom stereocenters. The van der Waals surface area contributed by atoms with Crippen molar-refractivity contribution in [3.63, 3.8) is 0 Å². The van der Waals surface area contributed by atoms with Gasteiger partial charge in [-0.2, -0.15) is 0 Å². The third-order valence-electron chi connectivity index (χ3n) is 4.75. The van der Waals surface area contributed by atoms with E-state index in [0.29, 0.717) is 18.2 Å². The Morgan fingerprint density at radius 1 is 1.05 bits per heavy atom. The molecule has 114 valence electrons. The van der Waals surface area contributed by atoms with Crippen LogP contribution in [0.2, 0.25) is 5.02 Å². The number of benzene rings is 1. The minimum atomic E-state index is 0.347. The van der Waals surface area contributed by atoms with Gasteiger partial charge in [0, 0.05) is 42.8 Å². The van der Waals surface area contributed by atoms with E-state index in [4.69, 9.17) is 11.6 Å². The quantitative estimate of drug-likeness (QED) is 0.853. The molecule has 1 aliphatic heterocycles. The minimum Gasteiger partial charge on any atom is -0.369 e. The summed E-state index contributed by atoms with van der Waals surface area (Å²) in [6.45, 7) is 4.57. The van der Waals surface area contributed by atoms with Crippen LogP contribution in [0.15, 0.2) is 24.3 Å². The highest BCUT2D eigenvalue weighted by Gasteiger charge is 2.25. The number of piperazine rings is 1. The summed E-state index contributed by atoms with van der Waals surface area (Å²) in [5.74, 6) is 0.812. The summed E-state index contributed by atoms with van der Waals surface area (Å²) >= 11 is 5.93. The topological polar surface area (TPSA) is 23.6 Å². The second kappa shape index (κ2) is 6.80. The number of ketones is 1. The van der Waals surface area contributed by atoms with E-state index < -0.39 is 0 Å². The monoisotopic (exact) mass is 306 g/mol. The number of hydrogen-bond donors (Lipinski definition) is 0. The Labute approximate surface area is 131 Å². The zero-order valence-corrected chi connectivity index (χ0v) is 13.2. The van der Waals surface area contributed by atoms with Crippen molar-refractivity contribution in [2.24, 2.45) is 5.92 Å². The molecule has 1 saturated heterocycles. The van der Waals surface area contributed by atoms with Gasteiger partial charge in [-0.15, -0.1) is 0 Å². The summed E-state index contributed by atoms with van der Waals surface area (Å²) < 4.78 is 0. The maximum absolute atomic E-state index is 12.2. The van der Waals surface area contributed by atoms with Crippen LogP contribution in [0.3, 0.4) is 0 Å². The van der Waals surface area contributed by atoms with Gasteiger partial charge in [0.25, 0.3) is 0 Å². The summed E-state index contributed by atoms with van der Waals surface area (Å²) in [5, 5.41) is 0.777. The van der Waals surface area contributed by atoms with E-state index >= 15 is 0 Å². The fourth-order valence-electron chi connectivity index (χ4n) is 3.41. The standard InChI is InChI=1S/C17H23ClN2O/c18-15-5-7-16(8-6-15)20-11-9-19(10-12-20)13-17(21)14-3-1-2-4-14/h5-8,14H,1-4,9-13H2. The Morgan fingerprint density at radius 3 is 2.29 bits per heavy atom. The zero-order valence-electron chi connectivity index (χ0n) is 12.4. The smallest absolute Gasteiger partial charge is 0.149 e. The Kier molecular flexibility index (Phi) is 4.81. The van der Waals surface area contributed by atoms with Crippen LogP contribution in [0.25, 0.3) is 0 Å². The molecule has 2 aliphatic rings. The van der Waals surface area contributed by atoms with Gasteiger partial charge >= 0.3 is 0 Å². The fraction of sp³-hybridized carbons (Fsp3) is 0.588. The fourth-order valence-corrected chi connectivity index (χ4v) is 3.54. The first-order valence-corrected chi connectivity index (χ1v) is 8.36. The number of rotatable bonds is 4. The molecule has 1 aromatic rings. The van der Waals surface area contributed by atoms with Crippen LogP contribution in [0.1, 0.15) is 25.7 Å². The summed E-state index contributed by atoms with van der Waals surface area (Å²) in [6, 6.07) is 8.02. The second-order valence-corrected chi connectivity index (χ2v) is 6.62. The molecule has 0 amide bonds. The van der Waals surface area contributed by atoms with Crippen LogP contribution in [0.5, 0.6) is 0 Å². The van der Waals surface area contributed by atoms with E-state index in [1.54, 1.807) is 0 Å². The molecule has 21 heavy (non-hydrogen) atoms. The molecule has 4 heteroatoms. The normalized spacial score (nSPS) is 20.9. The van der Waals surface area contributed by atoms with Crippen LogP contribution >= 0.6 is 11.6 Å². The number of carbonyl (C=O) groups excluding carboxylic acids is 1. The third kappa shape index (κ3) is 3.78. The number of carbonyl (C=O) groups is 1. The highest BCUT2D eigenvalue weighted by molar-refractivity contribution is 6.30. The van der Waals surface area contributed by atoms with Gasteiger partial charge < -0.3 is 4.90 Å². The van der Waals surface area contributed by atoms with E-state index in [-0.39, 0.29) is 0 Å². The summed E-state index contributed by atoms with van der Waals surface area (Å²) in [6.07, 6.45) is 4.70. The average Bonchev–Trinajstić information content (AvgIpc) is 3.03. The minimum absolute atomic E-state index is 0.347. The predicted molar refractivity (Wildman–Crippen MR) is 87.1 cm³/mol. The van der Waals surface area contributed by atoms with E-state index in [0.717, 1.165) is 44.0 Å². The molecule has 1 aromatic carbocycles. The second-order valence-electron chi connectivity index (χ2n) is 6.19. The molecule has 0 spiro atoms. The lowest BCUT2D eigenvalue weighted by Crippen LogP contribution is -2.48. The molecule has 1 heterocycles. The lowest BCUT2D eigenvalue weighted by atomic mass is 10.0. The molecule has 3 rings (SSSR count). The predicted octanol–water partition coefficient (Wildman–Crippen LogP) is 3.22. The molecule has 1 aliphatic carbocycles. The molecular weight excluding hydrogens is 284 g/mol.